The first-order chi connectivity index (χ1) is 9.17. The van der Waals surface area contributed by atoms with Crippen LogP contribution >= 0.6 is 0 Å². The molecular weight excluding hydrogens is 245 g/mol. The van der Waals surface area contributed by atoms with Gasteiger partial charge in [-0.3, -0.25) is 0 Å². The Balaban J connectivity index is 2.10. The van der Waals surface area contributed by atoms with Gasteiger partial charge in [0, 0.05) is 19.7 Å². The maximum atomic E-state index is 14.2. The minimum absolute atomic E-state index is 0.262. The molecule has 0 radical (unpaired) electrons. The molecule has 0 bridgehead atoms. The van der Waals surface area contributed by atoms with Crippen molar-refractivity contribution >= 4 is 5.82 Å². The zero-order valence-corrected chi connectivity index (χ0v) is 11.6. The van der Waals surface area contributed by atoms with Crippen molar-refractivity contribution in [2.24, 2.45) is 5.92 Å². The van der Waals surface area contributed by atoms with Crippen LogP contribution in [0, 0.1) is 11.7 Å². The van der Waals surface area contributed by atoms with Crippen LogP contribution in [0.5, 0.6) is 0 Å². The summed E-state index contributed by atoms with van der Waals surface area (Å²) in [6.45, 7) is 2.15. The fraction of sp³-hybridized carbons (Fsp3) is 0.714. The van der Waals surface area contributed by atoms with E-state index in [2.05, 4.69) is 9.97 Å². The highest BCUT2D eigenvalue weighted by atomic mass is 19.1. The molecule has 1 aromatic heterocycles. The van der Waals surface area contributed by atoms with E-state index in [-0.39, 0.29) is 12.4 Å². The molecule has 106 valence electrons. The molecule has 19 heavy (non-hydrogen) atoms. The van der Waals surface area contributed by atoms with Crippen LogP contribution in [0.4, 0.5) is 10.2 Å². The molecule has 0 unspecified atom stereocenters. The monoisotopic (exact) mass is 267 g/mol. The minimum Gasteiger partial charge on any atom is -0.396 e. The molecule has 1 aromatic rings. The molecule has 4 nitrogen and oxygen atoms in total. The number of hydrogen-bond acceptors (Lipinski definition) is 4. The third kappa shape index (κ3) is 3.03. The Hall–Kier alpha value is -1.23. The van der Waals surface area contributed by atoms with Crippen molar-refractivity contribution in [3.63, 3.8) is 0 Å². The first-order valence-corrected chi connectivity index (χ1v) is 7.00. The fourth-order valence-electron chi connectivity index (χ4n) is 2.78. The summed E-state index contributed by atoms with van der Waals surface area (Å²) in [4.78, 5) is 9.99. The molecule has 1 saturated carbocycles. The lowest BCUT2D eigenvalue weighted by Crippen LogP contribution is -2.37. The van der Waals surface area contributed by atoms with Gasteiger partial charge in [-0.25, -0.2) is 14.4 Å². The number of aliphatic hydroxyl groups excluding tert-OH is 1. The van der Waals surface area contributed by atoms with Crippen molar-refractivity contribution in [1.29, 1.82) is 0 Å². The van der Waals surface area contributed by atoms with Crippen molar-refractivity contribution in [3.8, 4) is 0 Å². The molecule has 0 amide bonds. The molecule has 1 aliphatic carbocycles. The number of anilines is 1. The molecule has 0 saturated heterocycles. The Morgan fingerprint density at radius 2 is 2.00 bits per heavy atom. The van der Waals surface area contributed by atoms with E-state index in [0.717, 1.165) is 25.7 Å². The summed E-state index contributed by atoms with van der Waals surface area (Å²) in [5.41, 5.74) is 0.473. The summed E-state index contributed by atoms with van der Waals surface area (Å²) in [7, 11) is 1.90. The van der Waals surface area contributed by atoms with Gasteiger partial charge in [0.1, 0.15) is 6.33 Å². The van der Waals surface area contributed by atoms with Crippen molar-refractivity contribution in [3.05, 3.63) is 17.8 Å². The van der Waals surface area contributed by atoms with E-state index in [4.69, 9.17) is 5.11 Å². The van der Waals surface area contributed by atoms with E-state index in [1.165, 1.54) is 6.33 Å². The second-order valence-electron chi connectivity index (χ2n) is 5.28. The Morgan fingerprint density at radius 1 is 1.32 bits per heavy atom. The lowest BCUT2D eigenvalue weighted by atomic mass is 9.86. The molecule has 5 heteroatoms. The van der Waals surface area contributed by atoms with Gasteiger partial charge in [0.25, 0.3) is 0 Å². The lowest BCUT2D eigenvalue weighted by Gasteiger charge is -2.35. The van der Waals surface area contributed by atoms with E-state index < -0.39 is 0 Å². The number of hydrogen-bond donors (Lipinski definition) is 1. The van der Waals surface area contributed by atoms with E-state index >= 15 is 0 Å². The molecule has 2 rings (SSSR count). The van der Waals surface area contributed by atoms with Gasteiger partial charge in [0.2, 0.25) is 0 Å². The van der Waals surface area contributed by atoms with Gasteiger partial charge in [-0.2, -0.15) is 0 Å². The van der Waals surface area contributed by atoms with Crippen LogP contribution in [-0.4, -0.2) is 34.8 Å². The van der Waals surface area contributed by atoms with E-state index in [9.17, 15) is 4.39 Å². The first-order valence-electron chi connectivity index (χ1n) is 7.00. The molecule has 1 aliphatic rings. The summed E-state index contributed by atoms with van der Waals surface area (Å²) in [6.07, 6.45) is 5.97. The first kappa shape index (κ1) is 14.2. The number of rotatable bonds is 4. The van der Waals surface area contributed by atoms with Crippen LogP contribution in [0.3, 0.4) is 0 Å². The van der Waals surface area contributed by atoms with Crippen molar-refractivity contribution < 1.29 is 9.50 Å². The van der Waals surface area contributed by atoms with Crippen LogP contribution < -0.4 is 4.90 Å². The molecule has 0 aliphatic heterocycles. The predicted molar refractivity (Wildman–Crippen MR) is 72.6 cm³/mol. The number of aryl methyl sites for hydroxylation is 1. The summed E-state index contributed by atoms with van der Waals surface area (Å²) in [5.74, 6) is 0.516. The number of aromatic nitrogens is 2. The van der Waals surface area contributed by atoms with Crippen LogP contribution in [0.2, 0.25) is 0 Å². The normalized spacial score (nSPS) is 23.4. The molecule has 0 atom stereocenters. The highest BCUT2D eigenvalue weighted by Crippen LogP contribution is 2.29. The van der Waals surface area contributed by atoms with Crippen molar-refractivity contribution in [2.75, 3.05) is 18.6 Å². The minimum atomic E-state index is -0.295. The molecular formula is C14H22FN3O. The number of halogens is 1. The quantitative estimate of drug-likeness (QED) is 0.908. The second-order valence-corrected chi connectivity index (χ2v) is 5.28. The van der Waals surface area contributed by atoms with Crippen LogP contribution in [0.25, 0.3) is 0 Å². The summed E-state index contributed by atoms with van der Waals surface area (Å²) >= 11 is 0. The topological polar surface area (TPSA) is 49.2 Å². The maximum Gasteiger partial charge on any atom is 0.187 e. The second kappa shape index (κ2) is 6.28. The fourth-order valence-corrected chi connectivity index (χ4v) is 2.78. The molecule has 1 N–H and O–H groups in total. The highest BCUT2D eigenvalue weighted by molar-refractivity contribution is 5.41. The van der Waals surface area contributed by atoms with Gasteiger partial charge >= 0.3 is 0 Å². The zero-order valence-electron chi connectivity index (χ0n) is 11.6. The Morgan fingerprint density at radius 3 is 2.58 bits per heavy atom. The largest absolute Gasteiger partial charge is 0.396 e. The standard InChI is InChI=1S/C14H22FN3O/c1-3-12-13(15)14(17-9-16-12)18(2)11-6-4-10(8-19)5-7-11/h9-11,19H,3-8H2,1-2H3. The van der Waals surface area contributed by atoms with E-state index in [1.807, 2.05) is 18.9 Å². The Kier molecular flexibility index (Phi) is 4.69. The third-order valence-corrected chi connectivity index (χ3v) is 4.13. The number of aliphatic hydroxyl groups is 1. The van der Waals surface area contributed by atoms with Crippen LogP contribution in [-0.2, 0) is 6.42 Å². The van der Waals surface area contributed by atoms with Crippen LogP contribution in [0.1, 0.15) is 38.3 Å². The maximum absolute atomic E-state index is 14.2. The van der Waals surface area contributed by atoms with Gasteiger partial charge in [0.15, 0.2) is 11.6 Å². The highest BCUT2D eigenvalue weighted by Gasteiger charge is 2.26. The molecule has 1 fully saturated rings. The smallest absolute Gasteiger partial charge is 0.187 e. The van der Waals surface area contributed by atoms with Gasteiger partial charge in [-0.15, -0.1) is 0 Å². The Bertz CT molecular complexity index is 419. The summed E-state index contributed by atoms with van der Waals surface area (Å²) < 4.78 is 14.2. The zero-order chi connectivity index (χ0) is 13.8. The Labute approximate surface area is 113 Å². The SMILES string of the molecule is CCc1ncnc(N(C)C2CCC(CO)CC2)c1F. The van der Waals surface area contributed by atoms with Gasteiger partial charge in [0.05, 0.1) is 5.69 Å². The summed E-state index contributed by atoms with van der Waals surface area (Å²) in [5, 5.41) is 9.15. The van der Waals surface area contributed by atoms with E-state index in [0.29, 0.717) is 29.9 Å². The third-order valence-electron chi connectivity index (χ3n) is 4.13. The lowest BCUT2D eigenvalue weighted by molar-refractivity contribution is 0.181. The average Bonchev–Trinajstić information content (AvgIpc) is 2.47. The van der Waals surface area contributed by atoms with Crippen LogP contribution in [0.15, 0.2) is 6.33 Å². The van der Waals surface area contributed by atoms with E-state index in [1.54, 1.807) is 0 Å². The average molecular weight is 267 g/mol. The van der Waals surface area contributed by atoms with Gasteiger partial charge in [-0.05, 0) is 38.0 Å². The summed E-state index contributed by atoms with van der Waals surface area (Å²) in [6, 6.07) is 0.303. The molecule has 0 spiro atoms. The van der Waals surface area contributed by atoms with Crippen molar-refractivity contribution in [1.82, 2.24) is 9.97 Å². The molecule has 1 heterocycles. The van der Waals surface area contributed by atoms with Crippen molar-refractivity contribution in [2.45, 2.75) is 45.1 Å². The predicted octanol–water partition coefficient (Wildman–Crippen LogP) is 2.17. The number of nitrogens with zero attached hydrogens (tertiary/aromatic N) is 3. The molecule has 0 aromatic carbocycles. The van der Waals surface area contributed by atoms with Gasteiger partial charge < -0.3 is 10.0 Å². The van der Waals surface area contributed by atoms with Gasteiger partial charge in [-0.1, -0.05) is 6.92 Å².